The van der Waals surface area contributed by atoms with E-state index in [1.807, 2.05) is 6.92 Å². The van der Waals surface area contributed by atoms with E-state index in [1.165, 1.54) is 6.20 Å². The maximum absolute atomic E-state index is 11.7. The van der Waals surface area contributed by atoms with Gasteiger partial charge < -0.3 is 15.8 Å². The molecule has 0 unspecified atom stereocenters. The van der Waals surface area contributed by atoms with E-state index in [0.29, 0.717) is 11.4 Å². The Morgan fingerprint density at radius 2 is 2.50 bits per heavy atom. The molecule has 0 radical (unpaired) electrons. The molecule has 1 aromatic heterocycles. The molecule has 16 heavy (non-hydrogen) atoms. The molecule has 1 fully saturated rings. The Hall–Kier alpha value is -1.56. The molecule has 0 atom stereocenters. The zero-order valence-electron chi connectivity index (χ0n) is 9.19. The summed E-state index contributed by atoms with van der Waals surface area (Å²) in [5.74, 6) is -0.199. The lowest BCUT2D eigenvalue weighted by Gasteiger charge is -2.35. The van der Waals surface area contributed by atoms with Crippen LogP contribution in [0.3, 0.4) is 0 Å². The highest BCUT2D eigenvalue weighted by Crippen LogP contribution is 2.23. The first kappa shape index (κ1) is 10.9. The summed E-state index contributed by atoms with van der Waals surface area (Å²) in [4.78, 5) is 11.7. The smallest absolute Gasteiger partial charge is 0.271 e. The third-order valence-electron chi connectivity index (χ3n) is 2.73. The largest absolute Gasteiger partial charge is 0.396 e. The van der Waals surface area contributed by atoms with E-state index >= 15 is 0 Å². The van der Waals surface area contributed by atoms with Crippen molar-refractivity contribution < 1.29 is 9.53 Å². The van der Waals surface area contributed by atoms with Crippen LogP contribution in [0.15, 0.2) is 6.20 Å². The molecule has 1 aliphatic rings. The number of amides is 1. The minimum absolute atomic E-state index is 0.187. The van der Waals surface area contributed by atoms with Gasteiger partial charge in [-0.2, -0.15) is 5.10 Å². The van der Waals surface area contributed by atoms with Crippen LogP contribution >= 0.6 is 0 Å². The number of rotatable bonds is 4. The average molecular weight is 224 g/mol. The second-order valence-corrected chi connectivity index (χ2v) is 3.92. The number of nitrogen functional groups attached to an aromatic ring is 1. The van der Waals surface area contributed by atoms with Gasteiger partial charge in [0.15, 0.2) is 0 Å². The number of nitrogens with zero attached hydrogens (tertiary/aromatic N) is 1. The van der Waals surface area contributed by atoms with Gasteiger partial charge in [-0.3, -0.25) is 9.89 Å². The molecular weight excluding hydrogens is 208 g/mol. The first-order valence-corrected chi connectivity index (χ1v) is 5.42. The Labute approximate surface area is 93.5 Å². The number of H-pyrrole nitrogens is 1. The van der Waals surface area contributed by atoms with Crippen LogP contribution in [0.1, 0.15) is 30.3 Å². The zero-order chi connectivity index (χ0) is 11.5. The zero-order valence-corrected chi connectivity index (χ0v) is 9.19. The maximum Gasteiger partial charge on any atom is 0.271 e. The number of anilines is 1. The molecule has 2 rings (SSSR count). The SMILES string of the molecule is CCOC1CC(NC(=O)c2[nH]ncc2N)C1. The molecule has 6 nitrogen and oxygen atoms in total. The third-order valence-corrected chi connectivity index (χ3v) is 2.73. The summed E-state index contributed by atoms with van der Waals surface area (Å²) in [6.07, 6.45) is 3.45. The monoisotopic (exact) mass is 224 g/mol. The minimum atomic E-state index is -0.199. The Bertz CT molecular complexity index is 371. The number of ether oxygens (including phenoxy) is 1. The highest BCUT2D eigenvalue weighted by Gasteiger charge is 2.31. The van der Waals surface area contributed by atoms with Crippen LogP contribution in [0.5, 0.6) is 0 Å². The Balaban J connectivity index is 1.80. The standard InChI is InChI=1S/C10H16N4O2/c1-2-16-7-3-6(4-7)13-10(15)9-8(11)5-12-14-9/h5-7H,2-4,11H2,1H3,(H,12,14)(H,13,15). The second kappa shape index (κ2) is 4.52. The molecule has 0 spiro atoms. The topological polar surface area (TPSA) is 93.0 Å². The van der Waals surface area contributed by atoms with E-state index in [4.69, 9.17) is 10.5 Å². The van der Waals surface area contributed by atoms with Crippen LogP contribution in [0.25, 0.3) is 0 Å². The van der Waals surface area contributed by atoms with E-state index < -0.39 is 0 Å². The lowest BCUT2D eigenvalue weighted by molar-refractivity contribution is -0.00866. The predicted octanol–water partition coefficient (Wildman–Crippen LogP) is 0.289. The first-order chi connectivity index (χ1) is 7.70. The van der Waals surface area contributed by atoms with Crippen molar-refractivity contribution in [1.82, 2.24) is 15.5 Å². The molecule has 0 saturated heterocycles. The van der Waals surface area contributed by atoms with Crippen molar-refractivity contribution in [2.24, 2.45) is 0 Å². The lowest BCUT2D eigenvalue weighted by Crippen LogP contribution is -2.48. The fourth-order valence-corrected chi connectivity index (χ4v) is 1.79. The maximum atomic E-state index is 11.7. The number of aromatic amines is 1. The Morgan fingerprint density at radius 3 is 3.06 bits per heavy atom. The number of nitrogens with one attached hydrogen (secondary N) is 2. The molecule has 88 valence electrons. The molecule has 1 aliphatic carbocycles. The van der Waals surface area contributed by atoms with Crippen LogP contribution in [-0.2, 0) is 4.74 Å². The summed E-state index contributed by atoms with van der Waals surface area (Å²) >= 11 is 0. The normalized spacial score (nSPS) is 23.8. The average Bonchev–Trinajstić information content (AvgIpc) is 2.61. The summed E-state index contributed by atoms with van der Waals surface area (Å²) in [6.45, 7) is 2.69. The molecule has 1 amide bonds. The van der Waals surface area contributed by atoms with Gasteiger partial charge >= 0.3 is 0 Å². The summed E-state index contributed by atoms with van der Waals surface area (Å²) < 4.78 is 5.41. The van der Waals surface area contributed by atoms with Crippen molar-refractivity contribution in [3.63, 3.8) is 0 Å². The van der Waals surface area contributed by atoms with E-state index in [-0.39, 0.29) is 18.1 Å². The van der Waals surface area contributed by atoms with Gasteiger partial charge in [-0.05, 0) is 19.8 Å². The van der Waals surface area contributed by atoms with Crippen molar-refractivity contribution in [3.05, 3.63) is 11.9 Å². The van der Waals surface area contributed by atoms with Gasteiger partial charge in [0, 0.05) is 12.6 Å². The fraction of sp³-hybridized carbons (Fsp3) is 0.600. The van der Waals surface area contributed by atoms with Gasteiger partial charge in [0.05, 0.1) is 18.0 Å². The summed E-state index contributed by atoms with van der Waals surface area (Å²) in [5, 5.41) is 9.16. The fourth-order valence-electron chi connectivity index (χ4n) is 1.79. The van der Waals surface area contributed by atoms with E-state index in [1.54, 1.807) is 0 Å². The number of hydrogen-bond acceptors (Lipinski definition) is 4. The molecule has 0 aromatic carbocycles. The van der Waals surface area contributed by atoms with E-state index in [2.05, 4.69) is 15.5 Å². The van der Waals surface area contributed by atoms with E-state index in [0.717, 1.165) is 19.4 Å². The number of aromatic nitrogens is 2. The number of hydrogen-bond donors (Lipinski definition) is 3. The van der Waals surface area contributed by atoms with Gasteiger partial charge in [0.25, 0.3) is 5.91 Å². The summed E-state index contributed by atoms with van der Waals surface area (Å²) in [7, 11) is 0. The summed E-state index contributed by atoms with van der Waals surface area (Å²) in [5.41, 5.74) is 6.28. The Kier molecular flexibility index (Phi) is 3.09. The van der Waals surface area contributed by atoms with Crippen LogP contribution in [0, 0.1) is 0 Å². The molecular formula is C10H16N4O2. The highest BCUT2D eigenvalue weighted by atomic mass is 16.5. The predicted molar refractivity (Wildman–Crippen MR) is 58.9 cm³/mol. The van der Waals surface area contributed by atoms with Crippen LogP contribution in [0.4, 0.5) is 5.69 Å². The van der Waals surface area contributed by atoms with Crippen molar-refractivity contribution in [2.45, 2.75) is 31.9 Å². The molecule has 4 N–H and O–H groups in total. The quantitative estimate of drug-likeness (QED) is 0.685. The van der Waals surface area contributed by atoms with Crippen molar-refractivity contribution in [2.75, 3.05) is 12.3 Å². The van der Waals surface area contributed by atoms with Gasteiger partial charge in [0.1, 0.15) is 5.69 Å². The highest BCUT2D eigenvalue weighted by molar-refractivity contribution is 5.97. The van der Waals surface area contributed by atoms with Crippen molar-refractivity contribution >= 4 is 11.6 Å². The Morgan fingerprint density at radius 1 is 1.75 bits per heavy atom. The van der Waals surface area contributed by atoms with Crippen LogP contribution < -0.4 is 11.1 Å². The van der Waals surface area contributed by atoms with Gasteiger partial charge in [-0.1, -0.05) is 0 Å². The molecule has 1 heterocycles. The van der Waals surface area contributed by atoms with Crippen LogP contribution in [-0.4, -0.2) is 34.9 Å². The third kappa shape index (κ3) is 2.16. The number of carbonyl (C=O) groups is 1. The molecule has 6 heteroatoms. The van der Waals surface area contributed by atoms with Crippen LogP contribution in [0.2, 0.25) is 0 Å². The first-order valence-electron chi connectivity index (χ1n) is 5.42. The number of nitrogens with two attached hydrogens (primary N) is 1. The van der Waals surface area contributed by atoms with E-state index in [9.17, 15) is 4.79 Å². The van der Waals surface area contributed by atoms with Gasteiger partial charge in [0.2, 0.25) is 0 Å². The van der Waals surface area contributed by atoms with Gasteiger partial charge in [-0.15, -0.1) is 0 Å². The van der Waals surface area contributed by atoms with Crippen molar-refractivity contribution in [1.29, 1.82) is 0 Å². The number of carbonyl (C=O) groups excluding carboxylic acids is 1. The second-order valence-electron chi connectivity index (χ2n) is 3.92. The van der Waals surface area contributed by atoms with Gasteiger partial charge in [-0.25, -0.2) is 0 Å². The minimum Gasteiger partial charge on any atom is -0.396 e. The molecule has 0 aliphatic heterocycles. The summed E-state index contributed by atoms with van der Waals surface area (Å²) in [6, 6.07) is 0.187. The lowest BCUT2D eigenvalue weighted by atomic mass is 9.89. The molecule has 0 bridgehead atoms. The molecule has 1 aromatic rings. The van der Waals surface area contributed by atoms with Crippen molar-refractivity contribution in [3.8, 4) is 0 Å². The molecule has 1 saturated carbocycles.